The van der Waals surface area contributed by atoms with Crippen LogP contribution in [0.15, 0.2) is 65.6 Å². The molecule has 0 aliphatic carbocycles. The highest BCUT2D eigenvalue weighted by atomic mass is 32.2. The number of ether oxygens (including phenoxy) is 1. The van der Waals surface area contributed by atoms with E-state index in [9.17, 15) is 22.8 Å². The van der Waals surface area contributed by atoms with Crippen LogP contribution in [0.1, 0.15) is 31.2 Å². The molecule has 0 unspecified atom stereocenters. The number of anilines is 2. The quantitative estimate of drug-likeness (QED) is 0.486. The summed E-state index contributed by atoms with van der Waals surface area (Å²) in [4.78, 5) is 40.3. The Bertz CT molecular complexity index is 1530. The van der Waals surface area contributed by atoms with Gasteiger partial charge in [0.15, 0.2) is 0 Å². The standard InChI is InChI=1S/C27H25N3O6S/c31-25-11-12-26(32)30(25)23-9-3-7-21-20(23)6-4-10-24(21)37(34,35)28-15-13-19(14-16-28)29-22-8-2-1-5-18(22)17-36-27(29)33/h1-10,19H,11-17H2. The first-order valence-corrected chi connectivity index (χ1v) is 13.7. The Hall–Kier alpha value is -3.76. The Balaban J connectivity index is 1.28. The van der Waals surface area contributed by atoms with E-state index in [4.69, 9.17) is 4.74 Å². The third kappa shape index (κ3) is 3.87. The number of fused-ring (bicyclic) bond motifs is 2. The van der Waals surface area contributed by atoms with Gasteiger partial charge in [0, 0.05) is 48.3 Å². The highest BCUT2D eigenvalue weighted by molar-refractivity contribution is 7.89. The lowest BCUT2D eigenvalue weighted by atomic mass is 10.0. The normalized spacial score (nSPS) is 19.4. The first-order chi connectivity index (χ1) is 17.9. The Kier molecular flexibility index (Phi) is 5.73. The number of cyclic esters (lactones) is 1. The van der Waals surface area contributed by atoms with Crippen molar-refractivity contribution in [1.82, 2.24) is 4.31 Å². The maximum absolute atomic E-state index is 13.8. The summed E-state index contributed by atoms with van der Waals surface area (Å²) in [7, 11) is -3.87. The van der Waals surface area contributed by atoms with Crippen LogP contribution in [0, 0.1) is 0 Å². The molecule has 0 N–H and O–H groups in total. The van der Waals surface area contributed by atoms with Crippen LogP contribution in [0.5, 0.6) is 0 Å². The van der Waals surface area contributed by atoms with E-state index in [-0.39, 0.29) is 55.3 Å². The van der Waals surface area contributed by atoms with Gasteiger partial charge in [-0.1, -0.05) is 42.5 Å². The molecule has 10 heteroatoms. The molecule has 3 aliphatic rings. The molecular formula is C27H25N3O6S. The molecule has 0 saturated carbocycles. The van der Waals surface area contributed by atoms with Crippen molar-refractivity contribution in [1.29, 1.82) is 0 Å². The molecule has 3 aromatic rings. The van der Waals surface area contributed by atoms with Crippen molar-refractivity contribution in [2.45, 2.75) is 43.2 Å². The third-order valence-corrected chi connectivity index (χ3v) is 9.31. The number of piperidine rings is 1. The summed E-state index contributed by atoms with van der Waals surface area (Å²) < 4.78 is 34.4. The molecule has 0 atom stereocenters. The van der Waals surface area contributed by atoms with Crippen molar-refractivity contribution < 1.29 is 27.5 Å². The van der Waals surface area contributed by atoms with Gasteiger partial charge in [0.05, 0.1) is 16.3 Å². The molecule has 6 rings (SSSR count). The number of carbonyl (C=O) groups is 3. The van der Waals surface area contributed by atoms with Gasteiger partial charge >= 0.3 is 6.09 Å². The number of carbonyl (C=O) groups excluding carboxylic acids is 3. The predicted molar refractivity (Wildman–Crippen MR) is 137 cm³/mol. The van der Waals surface area contributed by atoms with Gasteiger partial charge < -0.3 is 4.74 Å². The van der Waals surface area contributed by atoms with Crippen LogP contribution in [0.2, 0.25) is 0 Å². The average molecular weight is 520 g/mol. The van der Waals surface area contributed by atoms with Gasteiger partial charge in [-0.3, -0.25) is 14.5 Å². The van der Waals surface area contributed by atoms with Gasteiger partial charge in [0.25, 0.3) is 0 Å². The summed E-state index contributed by atoms with van der Waals surface area (Å²) in [5.41, 5.74) is 2.15. The minimum atomic E-state index is -3.87. The molecule has 0 spiro atoms. The van der Waals surface area contributed by atoms with E-state index in [1.807, 2.05) is 24.3 Å². The van der Waals surface area contributed by atoms with Crippen LogP contribution in [0.4, 0.5) is 16.2 Å². The van der Waals surface area contributed by atoms with Crippen molar-refractivity contribution >= 4 is 50.1 Å². The predicted octanol–water partition coefficient (Wildman–Crippen LogP) is 3.80. The van der Waals surface area contributed by atoms with Gasteiger partial charge in [0.1, 0.15) is 6.61 Å². The molecule has 3 amide bonds. The zero-order valence-corrected chi connectivity index (χ0v) is 20.8. The second kappa shape index (κ2) is 8.97. The molecule has 2 fully saturated rings. The highest BCUT2D eigenvalue weighted by Gasteiger charge is 2.38. The third-order valence-electron chi connectivity index (χ3n) is 7.36. The maximum atomic E-state index is 13.8. The second-order valence-electron chi connectivity index (χ2n) is 9.44. The summed E-state index contributed by atoms with van der Waals surface area (Å²) >= 11 is 0. The van der Waals surface area contributed by atoms with Crippen LogP contribution in [-0.4, -0.2) is 49.8 Å². The molecule has 37 heavy (non-hydrogen) atoms. The van der Waals surface area contributed by atoms with Crippen molar-refractivity contribution in [2.24, 2.45) is 0 Å². The van der Waals surface area contributed by atoms with Crippen molar-refractivity contribution in [3.63, 3.8) is 0 Å². The van der Waals surface area contributed by atoms with Crippen LogP contribution >= 0.6 is 0 Å². The van der Waals surface area contributed by atoms with Crippen molar-refractivity contribution in [2.75, 3.05) is 22.9 Å². The fraction of sp³-hybridized carbons (Fsp3) is 0.296. The molecule has 9 nitrogen and oxygen atoms in total. The van der Waals surface area contributed by atoms with E-state index in [0.717, 1.165) is 16.2 Å². The van der Waals surface area contributed by atoms with E-state index in [1.54, 1.807) is 41.3 Å². The number of benzene rings is 3. The van der Waals surface area contributed by atoms with Crippen LogP contribution in [0.25, 0.3) is 10.8 Å². The summed E-state index contributed by atoms with van der Waals surface area (Å²) in [6.07, 6.45) is 0.826. The number of nitrogens with zero attached hydrogens (tertiary/aromatic N) is 3. The number of para-hydroxylation sites is 1. The molecule has 190 valence electrons. The second-order valence-corrected chi connectivity index (χ2v) is 11.3. The van der Waals surface area contributed by atoms with Crippen LogP contribution in [-0.2, 0) is 31.0 Å². The molecule has 3 aliphatic heterocycles. The Morgan fingerprint density at radius 1 is 0.757 bits per heavy atom. The van der Waals surface area contributed by atoms with Gasteiger partial charge in [-0.2, -0.15) is 4.31 Å². The molecule has 0 aromatic heterocycles. The van der Waals surface area contributed by atoms with Gasteiger partial charge in [-0.15, -0.1) is 0 Å². The van der Waals surface area contributed by atoms with Crippen molar-refractivity contribution in [3.8, 4) is 0 Å². The fourth-order valence-corrected chi connectivity index (χ4v) is 7.21. The van der Waals surface area contributed by atoms with E-state index >= 15 is 0 Å². The topological polar surface area (TPSA) is 104 Å². The average Bonchev–Trinajstić information content (AvgIpc) is 3.25. The van der Waals surface area contributed by atoms with Crippen molar-refractivity contribution in [3.05, 3.63) is 66.2 Å². The largest absolute Gasteiger partial charge is 0.444 e. The first-order valence-electron chi connectivity index (χ1n) is 12.3. The SMILES string of the molecule is O=C1CCC(=O)N1c1cccc2c(S(=O)(=O)N3CCC(N4C(=O)OCc5ccccc54)CC3)cccc12. The first kappa shape index (κ1) is 23.6. The summed E-state index contributed by atoms with van der Waals surface area (Å²) in [6.45, 7) is 0.729. The molecular weight excluding hydrogens is 494 g/mol. The molecule has 3 aromatic carbocycles. The van der Waals surface area contributed by atoms with Crippen LogP contribution < -0.4 is 9.80 Å². The lowest BCUT2D eigenvalue weighted by Gasteiger charge is -2.39. The van der Waals surface area contributed by atoms with E-state index in [1.165, 1.54) is 4.31 Å². The number of amides is 3. The fourth-order valence-electron chi connectivity index (χ4n) is 5.53. The Morgan fingerprint density at radius 3 is 2.16 bits per heavy atom. The minimum absolute atomic E-state index is 0.132. The molecule has 0 bridgehead atoms. The van der Waals surface area contributed by atoms with E-state index in [2.05, 4.69) is 0 Å². The van der Waals surface area contributed by atoms with Gasteiger partial charge in [-0.05, 0) is 31.0 Å². The Morgan fingerprint density at radius 2 is 1.41 bits per heavy atom. The summed E-state index contributed by atoms with van der Waals surface area (Å²) in [6, 6.07) is 17.4. The molecule has 0 radical (unpaired) electrons. The van der Waals surface area contributed by atoms with E-state index < -0.39 is 16.1 Å². The monoisotopic (exact) mass is 519 g/mol. The highest BCUT2D eigenvalue weighted by Crippen LogP contribution is 2.36. The van der Waals surface area contributed by atoms with Crippen LogP contribution in [0.3, 0.4) is 0 Å². The zero-order valence-electron chi connectivity index (χ0n) is 20.0. The van der Waals surface area contributed by atoms with Gasteiger partial charge in [-0.25, -0.2) is 18.1 Å². The van der Waals surface area contributed by atoms with E-state index in [0.29, 0.717) is 29.3 Å². The lowest BCUT2D eigenvalue weighted by Crippen LogP contribution is -2.50. The molecule has 2 saturated heterocycles. The minimum Gasteiger partial charge on any atom is -0.444 e. The molecule has 3 heterocycles. The Labute approximate surface area is 214 Å². The number of imide groups is 1. The number of hydrogen-bond acceptors (Lipinski definition) is 6. The lowest BCUT2D eigenvalue weighted by molar-refractivity contribution is -0.121. The smallest absolute Gasteiger partial charge is 0.414 e. The number of hydrogen-bond donors (Lipinski definition) is 0. The number of sulfonamides is 1. The summed E-state index contributed by atoms with van der Waals surface area (Å²) in [5, 5.41) is 0.998. The number of rotatable bonds is 4. The zero-order chi connectivity index (χ0) is 25.7. The maximum Gasteiger partial charge on any atom is 0.414 e. The summed E-state index contributed by atoms with van der Waals surface area (Å²) in [5.74, 6) is -0.573. The van der Waals surface area contributed by atoms with Gasteiger partial charge in [0.2, 0.25) is 21.8 Å².